The quantitative estimate of drug-likeness (QED) is 0.419. The lowest BCUT2D eigenvalue weighted by atomic mass is 10.1. The van der Waals surface area contributed by atoms with E-state index in [0.29, 0.717) is 24.4 Å². The Balaban J connectivity index is 1.47. The lowest BCUT2D eigenvalue weighted by Gasteiger charge is -2.09. The van der Waals surface area contributed by atoms with Crippen molar-refractivity contribution in [3.8, 4) is 5.75 Å². The van der Waals surface area contributed by atoms with Gasteiger partial charge in [-0.2, -0.15) is 0 Å². The van der Waals surface area contributed by atoms with Crippen molar-refractivity contribution >= 4 is 44.6 Å². The highest BCUT2D eigenvalue weighted by molar-refractivity contribution is 7.20. The van der Waals surface area contributed by atoms with E-state index in [1.54, 1.807) is 24.8 Å². The maximum absolute atomic E-state index is 12.8. The molecule has 0 saturated heterocycles. The number of anilines is 1. The lowest BCUT2D eigenvalue weighted by Crippen LogP contribution is -2.25. The molecule has 0 fully saturated rings. The largest absolute Gasteiger partial charge is 0.496 e. The molecule has 0 saturated carbocycles. The number of carbonyl (C=O) groups excluding carboxylic acids is 1. The number of thiophene rings is 2. The first-order valence-corrected chi connectivity index (χ1v) is 11.3. The summed E-state index contributed by atoms with van der Waals surface area (Å²) in [5.74, 6) is 1.51. The third kappa shape index (κ3) is 4.29. The van der Waals surface area contributed by atoms with Crippen LogP contribution in [0.4, 0.5) is 5.82 Å². The fourth-order valence-electron chi connectivity index (χ4n) is 3.31. The molecule has 2 N–H and O–H groups in total. The van der Waals surface area contributed by atoms with Crippen molar-refractivity contribution < 1.29 is 9.53 Å². The number of aryl methyl sites for hydroxylation is 1. The van der Waals surface area contributed by atoms with Gasteiger partial charge in [-0.05, 0) is 42.0 Å². The van der Waals surface area contributed by atoms with Crippen LogP contribution in [0.5, 0.6) is 5.75 Å². The molecule has 6 nitrogen and oxygen atoms in total. The SMILES string of the molecule is COc1ccccc1CCNC(=O)c1sc2ncnc(NCc3cccs3)c2c1C. The Morgan fingerprint density at radius 3 is 2.83 bits per heavy atom. The van der Waals surface area contributed by atoms with Crippen LogP contribution in [0.3, 0.4) is 0 Å². The monoisotopic (exact) mass is 438 g/mol. The number of carbonyl (C=O) groups is 1. The average Bonchev–Trinajstić information content (AvgIpc) is 3.41. The Morgan fingerprint density at radius 2 is 2.03 bits per heavy atom. The number of aromatic nitrogens is 2. The number of hydrogen-bond donors (Lipinski definition) is 2. The summed E-state index contributed by atoms with van der Waals surface area (Å²) in [6.07, 6.45) is 2.24. The van der Waals surface area contributed by atoms with Gasteiger partial charge in [-0.3, -0.25) is 4.79 Å². The molecule has 30 heavy (non-hydrogen) atoms. The van der Waals surface area contributed by atoms with Crippen molar-refractivity contribution in [2.75, 3.05) is 19.0 Å². The van der Waals surface area contributed by atoms with E-state index in [2.05, 4.69) is 32.0 Å². The van der Waals surface area contributed by atoms with E-state index in [4.69, 9.17) is 4.74 Å². The Bertz CT molecular complexity index is 1160. The number of fused-ring (bicyclic) bond motifs is 1. The molecule has 0 radical (unpaired) electrons. The van der Waals surface area contributed by atoms with Crippen molar-refractivity contribution in [2.45, 2.75) is 19.9 Å². The zero-order chi connectivity index (χ0) is 20.9. The predicted molar refractivity (Wildman–Crippen MR) is 123 cm³/mol. The van der Waals surface area contributed by atoms with Gasteiger partial charge in [0.15, 0.2) is 0 Å². The smallest absolute Gasteiger partial charge is 0.261 e. The molecule has 0 unspecified atom stereocenters. The summed E-state index contributed by atoms with van der Waals surface area (Å²) in [5, 5.41) is 9.37. The van der Waals surface area contributed by atoms with Gasteiger partial charge in [0.2, 0.25) is 0 Å². The molecule has 0 spiro atoms. The second kappa shape index (κ2) is 9.23. The summed E-state index contributed by atoms with van der Waals surface area (Å²) in [4.78, 5) is 24.3. The van der Waals surface area contributed by atoms with Crippen molar-refractivity contribution in [1.29, 1.82) is 0 Å². The van der Waals surface area contributed by atoms with Gasteiger partial charge >= 0.3 is 0 Å². The minimum absolute atomic E-state index is 0.0883. The molecule has 0 aliphatic heterocycles. The van der Waals surface area contributed by atoms with Crippen LogP contribution in [-0.2, 0) is 13.0 Å². The van der Waals surface area contributed by atoms with E-state index in [9.17, 15) is 4.79 Å². The van der Waals surface area contributed by atoms with Gasteiger partial charge in [-0.15, -0.1) is 22.7 Å². The first kappa shape index (κ1) is 20.3. The first-order chi connectivity index (χ1) is 14.7. The highest BCUT2D eigenvalue weighted by atomic mass is 32.1. The Hall–Kier alpha value is -2.97. The molecule has 3 heterocycles. The molecule has 8 heteroatoms. The van der Waals surface area contributed by atoms with Crippen molar-refractivity contribution in [3.05, 3.63) is 69.0 Å². The summed E-state index contributed by atoms with van der Waals surface area (Å²) >= 11 is 3.09. The van der Waals surface area contributed by atoms with E-state index < -0.39 is 0 Å². The van der Waals surface area contributed by atoms with Crippen molar-refractivity contribution in [3.63, 3.8) is 0 Å². The van der Waals surface area contributed by atoms with E-state index in [-0.39, 0.29) is 5.91 Å². The van der Waals surface area contributed by atoms with Gasteiger partial charge in [0.05, 0.1) is 23.9 Å². The fraction of sp³-hybridized carbons (Fsp3) is 0.227. The Kier molecular flexibility index (Phi) is 6.25. The van der Waals surface area contributed by atoms with Gasteiger partial charge in [0.1, 0.15) is 22.7 Å². The zero-order valence-corrected chi connectivity index (χ0v) is 18.4. The molecule has 0 aliphatic rings. The molecule has 1 amide bonds. The number of ether oxygens (including phenoxy) is 1. The predicted octanol–water partition coefficient (Wildman–Crippen LogP) is 4.65. The van der Waals surface area contributed by atoms with E-state index >= 15 is 0 Å². The minimum Gasteiger partial charge on any atom is -0.496 e. The highest BCUT2D eigenvalue weighted by Gasteiger charge is 2.19. The van der Waals surface area contributed by atoms with Crippen LogP contribution in [-0.4, -0.2) is 29.5 Å². The number of rotatable bonds is 8. The minimum atomic E-state index is -0.0883. The second-order valence-corrected chi connectivity index (χ2v) is 8.74. The van der Waals surface area contributed by atoms with Crippen LogP contribution in [0, 0.1) is 6.92 Å². The van der Waals surface area contributed by atoms with Crippen LogP contribution in [0.25, 0.3) is 10.2 Å². The van der Waals surface area contributed by atoms with Crippen LogP contribution in [0.1, 0.15) is 25.7 Å². The topological polar surface area (TPSA) is 76.1 Å². The normalized spacial score (nSPS) is 10.9. The molecule has 0 bridgehead atoms. The number of amides is 1. The summed E-state index contributed by atoms with van der Waals surface area (Å²) in [6, 6.07) is 12.0. The summed E-state index contributed by atoms with van der Waals surface area (Å²) in [6.45, 7) is 3.18. The third-order valence-electron chi connectivity index (χ3n) is 4.82. The van der Waals surface area contributed by atoms with Gasteiger partial charge in [0.25, 0.3) is 5.91 Å². The van der Waals surface area contributed by atoms with E-state index in [0.717, 1.165) is 32.9 Å². The molecular formula is C22H22N4O2S2. The van der Waals surface area contributed by atoms with E-state index in [1.807, 2.05) is 37.3 Å². The van der Waals surface area contributed by atoms with Gasteiger partial charge < -0.3 is 15.4 Å². The van der Waals surface area contributed by atoms with Crippen molar-refractivity contribution in [1.82, 2.24) is 15.3 Å². The number of nitrogens with zero attached hydrogens (tertiary/aromatic N) is 2. The second-order valence-electron chi connectivity index (χ2n) is 6.71. The molecule has 1 aromatic carbocycles. The molecule has 0 atom stereocenters. The zero-order valence-electron chi connectivity index (χ0n) is 16.8. The Morgan fingerprint density at radius 1 is 1.17 bits per heavy atom. The number of hydrogen-bond acceptors (Lipinski definition) is 7. The average molecular weight is 439 g/mol. The number of methoxy groups -OCH3 is 1. The van der Waals surface area contributed by atoms with Crippen LogP contribution >= 0.6 is 22.7 Å². The first-order valence-electron chi connectivity index (χ1n) is 9.58. The summed E-state index contributed by atoms with van der Waals surface area (Å²) in [7, 11) is 1.66. The van der Waals surface area contributed by atoms with Gasteiger partial charge in [0, 0.05) is 11.4 Å². The summed E-state index contributed by atoms with van der Waals surface area (Å²) in [5.41, 5.74) is 1.97. The molecule has 4 rings (SSSR count). The molecule has 0 aliphatic carbocycles. The lowest BCUT2D eigenvalue weighted by molar-refractivity contribution is 0.0957. The molecular weight excluding hydrogens is 416 g/mol. The fourth-order valence-corrected chi connectivity index (χ4v) is 5.02. The standard InChI is InChI=1S/C22H22N4O2S2/c1-14-18-20(24-12-16-7-5-11-29-16)25-13-26-22(18)30-19(14)21(27)23-10-9-15-6-3-4-8-17(15)28-2/h3-8,11,13H,9-10,12H2,1-2H3,(H,23,27)(H,24,25,26). The Labute approximate surface area is 183 Å². The number of nitrogens with one attached hydrogen (secondary N) is 2. The maximum Gasteiger partial charge on any atom is 0.261 e. The number of para-hydroxylation sites is 1. The van der Waals surface area contributed by atoms with Gasteiger partial charge in [-0.25, -0.2) is 9.97 Å². The molecule has 154 valence electrons. The maximum atomic E-state index is 12.8. The van der Waals surface area contributed by atoms with Gasteiger partial charge in [-0.1, -0.05) is 24.3 Å². The third-order valence-corrected chi connectivity index (χ3v) is 6.89. The molecule has 4 aromatic rings. The van der Waals surface area contributed by atoms with Crippen LogP contribution in [0.15, 0.2) is 48.1 Å². The highest BCUT2D eigenvalue weighted by Crippen LogP contribution is 2.33. The van der Waals surface area contributed by atoms with Crippen molar-refractivity contribution in [2.24, 2.45) is 0 Å². The molecule has 3 aromatic heterocycles. The number of benzene rings is 1. The van der Waals surface area contributed by atoms with Crippen LogP contribution < -0.4 is 15.4 Å². The summed E-state index contributed by atoms with van der Waals surface area (Å²) < 4.78 is 5.38. The van der Waals surface area contributed by atoms with E-state index in [1.165, 1.54) is 16.2 Å². The van der Waals surface area contributed by atoms with Crippen LogP contribution in [0.2, 0.25) is 0 Å².